The maximum absolute atomic E-state index is 3.56. The molecule has 0 radical (unpaired) electrons. The van der Waals surface area contributed by atoms with Gasteiger partial charge in [0.25, 0.3) is 0 Å². The zero-order valence-corrected chi connectivity index (χ0v) is 11.5. The molecule has 2 atom stereocenters. The van der Waals surface area contributed by atoms with E-state index in [0.29, 0.717) is 5.92 Å². The smallest absolute Gasteiger partial charge is 0.0366 e. The highest BCUT2D eigenvalue weighted by atomic mass is 15.2. The topological polar surface area (TPSA) is 15.3 Å². The molecule has 0 aromatic heterocycles. The Morgan fingerprint density at radius 3 is 2.22 bits per heavy atom. The second-order valence-electron chi connectivity index (χ2n) is 6.28. The van der Waals surface area contributed by atoms with Gasteiger partial charge >= 0.3 is 0 Å². The maximum atomic E-state index is 3.56. The summed E-state index contributed by atoms with van der Waals surface area (Å²) in [6.45, 7) is 9.38. The number of piperidine rings is 2. The summed E-state index contributed by atoms with van der Waals surface area (Å²) in [4.78, 5) is 2.59. The van der Waals surface area contributed by atoms with Gasteiger partial charge in [0.1, 0.15) is 0 Å². The lowest BCUT2D eigenvalue weighted by Gasteiger charge is -2.42. The number of benzene rings is 1. The van der Waals surface area contributed by atoms with E-state index in [2.05, 4.69) is 48.3 Å². The van der Waals surface area contributed by atoms with Crippen LogP contribution in [-0.2, 0) is 0 Å². The summed E-state index contributed by atoms with van der Waals surface area (Å²) in [5.74, 6) is 2.33. The maximum Gasteiger partial charge on any atom is 0.0366 e. The number of hydrogen-bond donors (Lipinski definition) is 1. The largest absolute Gasteiger partial charge is 0.371 e. The van der Waals surface area contributed by atoms with E-state index >= 15 is 0 Å². The molecule has 98 valence electrons. The van der Waals surface area contributed by atoms with E-state index in [0.717, 1.165) is 11.8 Å². The first-order chi connectivity index (χ1) is 8.72. The van der Waals surface area contributed by atoms with E-state index in [4.69, 9.17) is 0 Å². The van der Waals surface area contributed by atoms with Gasteiger partial charge in [-0.05, 0) is 55.0 Å². The first kappa shape index (κ1) is 12.0. The molecule has 2 unspecified atom stereocenters. The van der Waals surface area contributed by atoms with E-state index in [9.17, 15) is 0 Å². The van der Waals surface area contributed by atoms with Crippen molar-refractivity contribution < 1.29 is 0 Å². The summed E-state index contributed by atoms with van der Waals surface area (Å²) in [5, 5.41) is 3.56. The summed E-state index contributed by atoms with van der Waals surface area (Å²) < 4.78 is 0. The Bertz CT molecular complexity index is 384. The van der Waals surface area contributed by atoms with Crippen LogP contribution < -0.4 is 10.2 Å². The summed E-state index contributed by atoms with van der Waals surface area (Å²) in [6, 6.07) is 9.21. The van der Waals surface area contributed by atoms with Gasteiger partial charge in [0.2, 0.25) is 0 Å². The fourth-order valence-corrected chi connectivity index (χ4v) is 3.39. The average molecular weight is 244 g/mol. The molecule has 1 aromatic rings. The number of hydrogen-bond acceptors (Lipinski definition) is 2. The zero-order chi connectivity index (χ0) is 12.5. The second-order valence-corrected chi connectivity index (χ2v) is 6.28. The van der Waals surface area contributed by atoms with Crippen LogP contribution in [0.4, 0.5) is 5.69 Å². The average Bonchev–Trinajstić information content (AvgIpc) is 2.38. The van der Waals surface area contributed by atoms with Crippen molar-refractivity contribution >= 4 is 5.69 Å². The van der Waals surface area contributed by atoms with Crippen LogP contribution in [0.5, 0.6) is 0 Å². The summed E-state index contributed by atoms with van der Waals surface area (Å²) in [6.07, 6.45) is 1.42. The Kier molecular flexibility index (Phi) is 3.29. The quantitative estimate of drug-likeness (QED) is 0.860. The Morgan fingerprint density at radius 1 is 1.06 bits per heavy atom. The Morgan fingerprint density at radius 2 is 1.67 bits per heavy atom. The molecule has 1 aromatic carbocycles. The van der Waals surface area contributed by atoms with Gasteiger partial charge in [0.15, 0.2) is 0 Å². The molecule has 2 heterocycles. The monoisotopic (exact) mass is 244 g/mol. The van der Waals surface area contributed by atoms with Gasteiger partial charge in [0, 0.05) is 18.8 Å². The van der Waals surface area contributed by atoms with Crippen molar-refractivity contribution in [3.05, 3.63) is 29.8 Å². The van der Waals surface area contributed by atoms with Crippen molar-refractivity contribution in [1.29, 1.82) is 0 Å². The number of nitrogens with zero attached hydrogens (tertiary/aromatic N) is 1. The van der Waals surface area contributed by atoms with E-state index in [1.807, 2.05) is 0 Å². The molecule has 2 aliphatic rings. The summed E-state index contributed by atoms with van der Waals surface area (Å²) >= 11 is 0. The van der Waals surface area contributed by atoms with E-state index < -0.39 is 0 Å². The van der Waals surface area contributed by atoms with Gasteiger partial charge in [-0.1, -0.05) is 26.0 Å². The van der Waals surface area contributed by atoms with E-state index in [1.165, 1.54) is 43.9 Å². The van der Waals surface area contributed by atoms with Crippen LogP contribution in [0.15, 0.2) is 24.3 Å². The minimum Gasteiger partial charge on any atom is -0.371 e. The highest BCUT2D eigenvalue weighted by Gasteiger charge is 2.30. The molecular weight excluding hydrogens is 220 g/mol. The lowest BCUT2D eigenvalue weighted by molar-refractivity contribution is 0.250. The Balaban J connectivity index is 1.74. The minimum absolute atomic E-state index is 0.629. The van der Waals surface area contributed by atoms with Gasteiger partial charge in [-0.2, -0.15) is 0 Å². The van der Waals surface area contributed by atoms with Crippen molar-refractivity contribution in [3.8, 4) is 0 Å². The molecule has 2 nitrogen and oxygen atoms in total. The van der Waals surface area contributed by atoms with E-state index in [1.54, 1.807) is 0 Å². The van der Waals surface area contributed by atoms with Gasteiger partial charge in [-0.25, -0.2) is 0 Å². The van der Waals surface area contributed by atoms with Crippen LogP contribution in [0.1, 0.15) is 31.7 Å². The first-order valence-corrected chi connectivity index (χ1v) is 7.28. The molecule has 2 saturated heterocycles. The van der Waals surface area contributed by atoms with Crippen LogP contribution in [0, 0.1) is 11.8 Å². The number of anilines is 1. The van der Waals surface area contributed by atoms with Crippen molar-refractivity contribution in [2.45, 2.75) is 26.2 Å². The van der Waals surface area contributed by atoms with Gasteiger partial charge in [-0.15, -0.1) is 0 Å². The molecular formula is C16H24N2. The normalized spacial score (nSPS) is 27.6. The third-order valence-electron chi connectivity index (χ3n) is 4.41. The molecule has 0 spiro atoms. The molecule has 2 bridgehead atoms. The molecule has 18 heavy (non-hydrogen) atoms. The molecule has 1 N–H and O–H groups in total. The van der Waals surface area contributed by atoms with Crippen molar-refractivity contribution in [2.75, 3.05) is 31.1 Å². The SMILES string of the molecule is CC(C)c1ccc(N2CC3CNCC(C3)C2)cc1. The Labute approximate surface area is 110 Å². The van der Waals surface area contributed by atoms with Crippen molar-refractivity contribution in [2.24, 2.45) is 11.8 Å². The lowest BCUT2D eigenvalue weighted by Crippen LogP contribution is -2.51. The first-order valence-electron chi connectivity index (χ1n) is 7.28. The van der Waals surface area contributed by atoms with E-state index in [-0.39, 0.29) is 0 Å². The molecule has 0 aliphatic carbocycles. The zero-order valence-electron chi connectivity index (χ0n) is 11.5. The molecule has 3 rings (SSSR count). The van der Waals surface area contributed by atoms with Gasteiger partial charge in [-0.3, -0.25) is 0 Å². The molecule has 2 heteroatoms. The predicted molar refractivity (Wildman–Crippen MR) is 77.2 cm³/mol. The number of nitrogens with one attached hydrogen (secondary N) is 1. The predicted octanol–water partition coefficient (Wildman–Crippen LogP) is 2.86. The third kappa shape index (κ3) is 2.39. The third-order valence-corrected chi connectivity index (χ3v) is 4.41. The fraction of sp³-hybridized carbons (Fsp3) is 0.625. The number of fused-ring (bicyclic) bond motifs is 2. The van der Waals surface area contributed by atoms with Crippen LogP contribution in [0.2, 0.25) is 0 Å². The highest BCUT2D eigenvalue weighted by Crippen LogP contribution is 2.29. The number of rotatable bonds is 2. The second kappa shape index (κ2) is 4.93. The standard InChI is InChI=1S/C16H24N2/c1-12(2)15-3-5-16(6-4-15)18-10-13-7-14(11-18)9-17-8-13/h3-6,12-14,17H,7-11H2,1-2H3. The van der Waals surface area contributed by atoms with Crippen molar-refractivity contribution in [1.82, 2.24) is 5.32 Å². The highest BCUT2D eigenvalue weighted by molar-refractivity contribution is 5.48. The molecule has 0 saturated carbocycles. The van der Waals surface area contributed by atoms with Gasteiger partial charge < -0.3 is 10.2 Å². The Hall–Kier alpha value is -1.02. The summed E-state index contributed by atoms with van der Waals surface area (Å²) in [5.41, 5.74) is 2.86. The van der Waals surface area contributed by atoms with Crippen molar-refractivity contribution in [3.63, 3.8) is 0 Å². The van der Waals surface area contributed by atoms with Crippen LogP contribution in [0.3, 0.4) is 0 Å². The molecule has 2 aliphatic heterocycles. The summed E-state index contributed by atoms with van der Waals surface area (Å²) in [7, 11) is 0. The fourth-order valence-electron chi connectivity index (χ4n) is 3.39. The lowest BCUT2D eigenvalue weighted by atomic mass is 9.85. The van der Waals surface area contributed by atoms with Crippen LogP contribution >= 0.6 is 0 Å². The van der Waals surface area contributed by atoms with Crippen LogP contribution in [0.25, 0.3) is 0 Å². The molecule has 0 amide bonds. The molecule has 2 fully saturated rings. The minimum atomic E-state index is 0.629. The van der Waals surface area contributed by atoms with Crippen LogP contribution in [-0.4, -0.2) is 26.2 Å². The van der Waals surface area contributed by atoms with Gasteiger partial charge in [0.05, 0.1) is 0 Å².